The first-order valence-corrected chi connectivity index (χ1v) is 9.45. The lowest BCUT2D eigenvalue weighted by molar-refractivity contribution is 0.568. The molecule has 0 unspecified atom stereocenters. The second-order valence-electron chi connectivity index (χ2n) is 5.54. The zero-order chi connectivity index (χ0) is 16.1. The molecule has 0 amide bonds. The van der Waals surface area contributed by atoms with Crippen molar-refractivity contribution < 1.29 is 4.57 Å². The summed E-state index contributed by atoms with van der Waals surface area (Å²) in [7, 11) is -2.90. The van der Waals surface area contributed by atoms with Crippen molar-refractivity contribution in [2.45, 2.75) is 13.0 Å². The summed E-state index contributed by atoms with van der Waals surface area (Å²) in [5, 5.41) is 5.05. The summed E-state index contributed by atoms with van der Waals surface area (Å²) in [6.45, 7) is 2.05. The molecule has 0 aliphatic carbocycles. The van der Waals surface area contributed by atoms with E-state index in [9.17, 15) is 4.57 Å². The van der Waals surface area contributed by atoms with E-state index in [1.54, 1.807) is 0 Å². The summed E-state index contributed by atoms with van der Waals surface area (Å²) in [4.78, 5) is 0. The molecule has 116 valence electrons. The lowest BCUT2D eigenvalue weighted by atomic mass is 10.1. The Morgan fingerprint density at radius 2 is 1.09 bits per heavy atom. The molecule has 3 aromatic carbocycles. The van der Waals surface area contributed by atoms with Crippen molar-refractivity contribution in [2.24, 2.45) is 0 Å². The van der Waals surface area contributed by atoms with Crippen molar-refractivity contribution in [1.29, 1.82) is 0 Å². The number of hydrogen-bond donors (Lipinski definition) is 1. The van der Waals surface area contributed by atoms with Gasteiger partial charge in [0.15, 0.2) is 0 Å². The molecule has 0 aliphatic rings. The van der Waals surface area contributed by atoms with Crippen LogP contribution >= 0.6 is 7.29 Å². The highest BCUT2D eigenvalue weighted by Crippen LogP contribution is 2.41. The smallest absolute Gasteiger partial charge is 0.205 e. The van der Waals surface area contributed by atoms with Crippen molar-refractivity contribution in [1.82, 2.24) is 5.09 Å². The summed E-state index contributed by atoms with van der Waals surface area (Å²) >= 11 is 0. The maximum absolute atomic E-state index is 13.9. The van der Waals surface area contributed by atoms with Crippen LogP contribution in [0, 0.1) is 0 Å². The predicted molar refractivity (Wildman–Crippen MR) is 97.8 cm³/mol. The van der Waals surface area contributed by atoms with Gasteiger partial charge in [-0.15, -0.1) is 0 Å². The van der Waals surface area contributed by atoms with Gasteiger partial charge in [-0.05, 0) is 36.8 Å². The molecule has 0 aliphatic heterocycles. The van der Waals surface area contributed by atoms with Crippen LogP contribution < -0.4 is 15.7 Å². The second-order valence-corrected chi connectivity index (χ2v) is 8.05. The average Bonchev–Trinajstić information content (AvgIpc) is 2.64. The molecule has 0 heterocycles. The van der Waals surface area contributed by atoms with Gasteiger partial charge in [0, 0.05) is 16.7 Å². The minimum atomic E-state index is -2.90. The minimum absolute atomic E-state index is 0.0116. The Kier molecular flexibility index (Phi) is 4.76. The van der Waals surface area contributed by atoms with Crippen LogP contribution in [0.3, 0.4) is 0 Å². The molecule has 0 saturated heterocycles. The summed E-state index contributed by atoms with van der Waals surface area (Å²) in [5.74, 6) is 0. The third-order valence-corrected chi connectivity index (χ3v) is 6.72. The maximum atomic E-state index is 13.9. The molecule has 0 fully saturated rings. The summed E-state index contributed by atoms with van der Waals surface area (Å²) in [5.41, 5.74) is 1.12. The summed E-state index contributed by atoms with van der Waals surface area (Å²) in [6, 6.07) is 29.4. The lowest BCUT2D eigenvalue weighted by Crippen LogP contribution is -2.29. The van der Waals surface area contributed by atoms with Crippen LogP contribution in [0.25, 0.3) is 0 Å². The van der Waals surface area contributed by atoms with Crippen LogP contribution in [-0.4, -0.2) is 0 Å². The Bertz CT molecular complexity index is 744. The maximum Gasteiger partial charge on any atom is 0.205 e. The van der Waals surface area contributed by atoms with Gasteiger partial charge < -0.3 is 0 Å². The van der Waals surface area contributed by atoms with Crippen LogP contribution in [0.5, 0.6) is 0 Å². The number of rotatable bonds is 5. The van der Waals surface area contributed by atoms with Crippen molar-refractivity contribution >= 4 is 17.9 Å². The fraction of sp³-hybridized carbons (Fsp3) is 0.100. The second kappa shape index (κ2) is 6.95. The first-order valence-electron chi connectivity index (χ1n) is 7.74. The largest absolute Gasteiger partial charge is 0.297 e. The normalized spacial score (nSPS) is 12.7. The first kappa shape index (κ1) is 15.7. The molecule has 3 rings (SSSR count). The van der Waals surface area contributed by atoms with E-state index in [1.165, 1.54) is 0 Å². The van der Waals surface area contributed by atoms with E-state index in [1.807, 2.05) is 85.8 Å². The molecule has 0 radical (unpaired) electrons. The number of benzene rings is 3. The zero-order valence-electron chi connectivity index (χ0n) is 13.1. The molecule has 0 bridgehead atoms. The highest BCUT2D eigenvalue weighted by Gasteiger charge is 2.28. The Morgan fingerprint density at radius 1 is 0.696 bits per heavy atom. The highest BCUT2D eigenvalue weighted by atomic mass is 31.2. The SMILES string of the molecule is C[C@@H](NP(=O)(c1ccccc1)c1ccccc1)c1ccccc1. The molecular formula is C20H20NOP. The summed E-state index contributed by atoms with van der Waals surface area (Å²) in [6.07, 6.45) is 0. The van der Waals surface area contributed by atoms with E-state index in [4.69, 9.17) is 0 Å². The van der Waals surface area contributed by atoms with E-state index in [2.05, 4.69) is 17.2 Å². The summed E-state index contributed by atoms with van der Waals surface area (Å²) < 4.78 is 13.9. The van der Waals surface area contributed by atoms with Gasteiger partial charge in [-0.3, -0.25) is 9.65 Å². The zero-order valence-corrected chi connectivity index (χ0v) is 14.0. The molecular weight excluding hydrogens is 301 g/mol. The highest BCUT2D eigenvalue weighted by molar-refractivity contribution is 7.76. The van der Waals surface area contributed by atoms with E-state index in [0.717, 1.165) is 16.2 Å². The predicted octanol–water partition coefficient (Wildman–Crippen LogP) is 4.27. The van der Waals surface area contributed by atoms with Crippen molar-refractivity contribution in [3.8, 4) is 0 Å². The molecule has 1 atom stereocenters. The monoisotopic (exact) mass is 321 g/mol. The standard InChI is InChI=1S/C20H20NOP/c1-17(18-11-5-2-6-12-18)21-23(22,19-13-7-3-8-14-19)20-15-9-4-10-16-20/h2-17H,1H3,(H,21,22)/t17-/m1/s1. The molecule has 3 heteroatoms. The minimum Gasteiger partial charge on any atom is -0.297 e. The van der Waals surface area contributed by atoms with Crippen LogP contribution in [0.15, 0.2) is 91.0 Å². The van der Waals surface area contributed by atoms with Gasteiger partial charge in [-0.1, -0.05) is 66.7 Å². The Labute approximate surface area is 137 Å². The Hall–Kier alpha value is -2.15. The van der Waals surface area contributed by atoms with Gasteiger partial charge in [0.25, 0.3) is 0 Å². The van der Waals surface area contributed by atoms with Crippen molar-refractivity contribution in [3.63, 3.8) is 0 Å². The fourth-order valence-electron chi connectivity index (χ4n) is 2.66. The van der Waals surface area contributed by atoms with Crippen LogP contribution in [0.4, 0.5) is 0 Å². The molecule has 23 heavy (non-hydrogen) atoms. The molecule has 2 nitrogen and oxygen atoms in total. The Morgan fingerprint density at radius 3 is 1.52 bits per heavy atom. The topological polar surface area (TPSA) is 29.1 Å². The molecule has 0 saturated carbocycles. The van der Waals surface area contributed by atoms with Crippen LogP contribution in [0.2, 0.25) is 0 Å². The van der Waals surface area contributed by atoms with Crippen molar-refractivity contribution in [2.75, 3.05) is 0 Å². The number of nitrogens with one attached hydrogen (secondary N) is 1. The van der Waals surface area contributed by atoms with E-state index >= 15 is 0 Å². The third kappa shape index (κ3) is 3.44. The van der Waals surface area contributed by atoms with Gasteiger partial charge in [0.2, 0.25) is 7.29 Å². The van der Waals surface area contributed by atoms with Gasteiger partial charge >= 0.3 is 0 Å². The lowest BCUT2D eigenvalue weighted by Gasteiger charge is -2.25. The molecule has 0 spiro atoms. The Balaban J connectivity index is 2.02. The molecule has 0 aromatic heterocycles. The quantitative estimate of drug-likeness (QED) is 0.711. The van der Waals surface area contributed by atoms with E-state index < -0.39 is 7.29 Å². The first-order chi connectivity index (χ1) is 11.2. The van der Waals surface area contributed by atoms with Gasteiger partial charge in [0.05, 0.1) is 0 Å². The van der Waals surface area contributed by atoms with Gasteiger partial charge in [-0.25, -0.2) is 0 Å². The molecule has 1 N–H and O–H groups in total. The number of hydrogen-bond acceptors (Lipinski definition) is 1. The fourth-order valence-corrected chi connectivity index (χ4v) is 5.14. The van der Waals surface area contributed by atoms with E-state index in [-0.39, 0.29) is 6.04 Å². The average molecular weight is 321 g/mol. The van der Waals surface area contributed by atoms with Crippen molar-refractivity contribution in [3.05, 3.63) is 96.6 Å². The van der Waals surface area contributed by atoms with Gasteiger partial charge in [-0.2, -0.15) is 0 Å². The van der Waals surface area contributed by atoms with Gasteiger partial charge in [0.1, 0.15) is 0 Å². The van der Waals surface area contributed by atoms with Crippen LogP contribution in [0.1, 0.15) is 18.5 Å². The third-order valence-electron chi connectivity index (χ3n) is 3.91. The molecule has 3 aromatic rings. The van der Waals surface area contributed by atoms with Crippen LogP contribution in [-0.2, 0) is 4.57 Å². The van der Waals surface area contributed by atoms with E-state index in [0.29, 0.717) is 0 Å².